The zero-order valence-electron chi connectivity index (χ0n) is 12.7. The second-order valence-corrected chi connectivity index (χ2v) is 5.60. The lowest BCUT2D eigenvalue weighted by Crippen LogP contribution is -2.46. The van der Waals surface area contributed by atoms with Gasteiger partial charge in [0.25, 0.3) is 0 Å². The standard InChI is InChI=1S/C16H26N2S/c1-6-13(4)18(14(5)7-2)16(19)17-15-10-8-12(3)9-11-15/h8-11,13-14H,6-7H2,1-5H3,(H,17,19). The van der Waals surface area contributed by atoms with Crippen LogP contribution in [0.4, 0.5) is 5.69 Å². The molecular weight excluding hydrogens is 252 g/mol. The molecule has 1 N–H and O–H groups in total. The van der Waals surface area contributed by atoms with Crippen molar-refractivity contribution in [3.05, 3.63) is 29.8 Å². The lowest BCUT2D eigenvalue weighted by atomic mass is 10.1. The molecular formula is C16H26N2S. The van der Waals surface area contributed by atoms with Crippen molar-refractivity contribution in [1.29, 1.82) is 0 Å². The van der Waals surface area contributed by atoms with Gasteiger partial charge < -0.3 is 10.2 Å². The Bertz CT molecular complexity index is 390. The Hall–Kier alpha value is -1.09. The highest BCUT2D eigenvalue weighted by Crippen LogP contribution is 2.16. The fourth-order valence-electron chi connectivity index (χ4n) is 2.05. The van der Waals surface area contributed by atoms with Crippen molar-refractivity contribution in [2.24, 2.45) is 0 Å². The van der Waals surface area contributed by atoms with E-state index in [9.17, 15) is 0 Å². The average Bonchev–Trinajstić information content (AvgIpc) is 2.41. The molecule has 0 aliphatic carbocycles. The third-order valence-corrected chi connectivity index (χ3v) is 3.98. The monoisotopic (exact) mass is 278 g/mol. The molecule has 3 heteroatoms. The number of anilines is 1. The van der Waals surface area contributed by atoms with E-state index in [1.54, 1.807) is 0 Å². The van der Waals surface area contributed by atoms with E-state index in [4.69, 9.17) is 12.2 Å². The van der Waals surface area contributed by atoms with Crippen LogP contribution in [0.1, 0.15) is 46.1 Å². The van der Waals surface area contributed by atoms with E-state index in [1.165, 1.54) is 5.56 Å². The largest absolute Gasteiger partial charge is 0.344 e. The Kier molecular flexibility index (Phi) is 6.29. The molecule has 2 nitrogen and oxygen atoms in total. The van der Waals surface area contributed by atoms with E-state index in [0.717, 1.165) is 23.6 Å². The first-order valence-corrected chi connectivity index (χ1v) is 7.56. The summed E-state index contributed by atoms with van der Waals surface area (Å²) in [6, 6.07) is 9.27. The van der Waals surface area contributed by atoms with Crippen LogP contribution in [0.25, 0.3) is 0 Å². The summed E-state index contributed by atoms with van der Waals surface area (Å²) in [4.78, 5) is 2.31. The summed E-state index contributed by atoms with van der Waals surface area (Å²) in [5.74, 6) is 0. The molecule has 1 aromatic carbocycles. The van der Waals surface area contributed by atoms with E-state index in [2.05, 4.69) is 69.1 Å². The number of thiocarbonyl (C=S) groups is 1. The van der Waals surface area contributed by atoms with Crippen molar-refractivity contribution >= 4 is 23.0 Å². The van der Waals surface area contributed by atoms with Crippen LogP contribution in [0.5, 0.6) is 0 Å². The van der Waals surface area contributed by atoms with E-state index in [0.29, 0.717) is 12.1 Å². The maximum atomic E-state index is 5.59. The molecule has 19 heavy (non-hydrogen) atoms. The smallest absolute Gasteiger partial charge is 0.173 e. The molecule has 0 amide bonds. The highest BCUT2D eigenvalue weighted by molar-refractivity contribution is 7.80. The number of rotatable bonds is 5. The predicted octanol–water partition coefficient (Wildman–Crippen LogP) is 4.59. The quantitative estimate of drug-likeness (QED) is 0.793. The molecule has 1 rings (SSSR count). The van der Waals surface area contributed by atoms with Crippen molar-refractivity contribution in [2.75, 3.05) is 5.32 Å². The van der Waals surface area contributed by atoms with Gasteiger partial charge in [-0.25, -0.2) is 0 Å². The molecule has 0 radical (unpaired) electrons. The van der Waals surface area contributed by atoms with Crippen LogP contribution in [-0.2, 0) is 0 Å². The summed E-state index contributed by atoms with van der Waals surface area (Å²) in [5, 5.41) is 4.18. The molecule has 2 unspecified atom stereocenters. The molecule has 2 atom stereocenters. The first kappa shape index (κ1) is 16.0. The fourth-order valence-corrected chi connectivity index (χ4v) is 2.53. The summed E-state index contributed by atoms with van der Waals surface area (Å²) in [7, 11) is 0. The van der Waals surface area contributed by atoms with E-state index < -0.39 is 0 Å². The van der Waals surface area contributed by atoms with Crippen LogP contribution in [0.2, 0.25) is 0 Å². The van der Waals surface area contributed by atoms with Crippen LogP contribution in [0.3, 0.4) is 0 Å². The Morgan fingerprint density at radius 1 is 1.11 bits per heavy atom. The van der Waals surface area contributed by atoms with Crippen molar-refractivity contribution in [2.45, 2.75) is 59.5 Å². The van der Waals surface area contributed by atoms with E-state index in [1.807, 2.05) is 0 Å². The topological polar surface area (TPSA) is 15.3 Å². The number of nitrogens with zero attached hydrogens (tertiary/aromatic N) is 1. The molecule has 0 aliphatic rings. The zero-order chi connectivity index (χ0) is 14.4. The molecule has 0 saturated heterocycles. The molecule has 0 heterocycles. The van der Waals surface area contributed by atoms with Crippen molar-refractivity contribution in [3.8, 4) is 0 Å². The first-order valence-electron chi connectivity index (χ1n) is 7.15. The van der Waals surface area contributed by atoms with Gasteiger partial charge in [-0.15, -0.1) is 0 Å². The lowest BCUT2D eigenvalue weighted by Gasteiger charge is -2.36. The first-order chi connectivity index (χ1) is 8.99. The van der Waals surface area contributed by atoms with Gasteiger partial charge in [0.2, 0.25) is 0 Å². The minimum absolute atomic E-state index is 0.459. The number of aryl methyl sites for hydroxylation is 1. The van der Waals surface area contributed by atoms with Crippen LogP contribution in [0.15, 0.2) is 24.3 Å². The van der Waals surface area contributed by atoms with E-state index in [-0.39, 0.29) is 0 Å². The van der Waals surface area contributed by atoms with Gasteiger partial charge in [-0.3, -0.25) is 0 Å². The van der Waals surface area contributed by atoms with Gasteiger partial charge in [0.1, 0.15) is 0 Å². The maximum absolute atomic E-state index is 5.59. The summed E-state index contributed by atoms with van der Waals surface area (Å²) in [6.45, 7) is 11.0. The summed E-state index contributed by atoms with van der Waals surface area (Å²) in [6.07, 6.45) is 2.19. The Morgan fingerprint density at radius 2 is 1.58 bits per heavy atom. The van der Waals surface area contributed by atoms with Crippen molar-refractivity contribution in [3.63, 3.8) is 0 Å². The lowest BCUT2D eigenvalue weighted by molar-refractivity contribution is 0.254. The Labute approximate surface area is 123 Å². The summed E-state index contributed by atoms with van der Waals surface area (Å²) in [5.41, 5.74) is 2.32. The molecule has 0 saturated carbocycles. The molecule has 0 aliphatic heterocycles. The molecule has 0 aromatic heterocycles. The maximum Gasteiger partial charge on any atom is 0.173 e. The number of hydrogen-bond donors (Lipinski definition) is 1. The average molecular weight is 278 g/mol. The minimum Gasteiger partial charge on any atom is -0.344 e. The minimum atomic E-state index is 0.459. The predicted molar refractivity (Wildman–Crippen MR) is 88.7 cm³/mol. The van der Waals surface area contributed by atoms with Crippen LogP contribution < -0.4 is 5.32 Å². The molecule has 1 aromatic rings. The van der Waals surface area contributed by atoms with Gasteiger partial charge in [-0.2, -0.15) is 0 Å². The third-order valence-electron chi connectivity index (χ3n) is 3.67. The second kappa shape index (κ2) is 7.49. The van der Waals surface area contributed by atoms with Crippen LogP contribution in [-0.4, -0.2) is 22.1 Å². The Balaban J connectivity index is 2.79. The van der Waals surface area contributed by atoms with Gasteiger partial charge in [-0.1, -0.05) is 31.5 Å². The van der Waals surface area contributed by atoms with Crippen LogP contribution in [0, 0.1) is 6.92 Å². The highest BCUT2D eigenvalue weighted by atomic mass is 32.1. The van der Waals surface area contributed by atoms with E-state index >= 15 is 0 Å². The van der Waals surface area contributed by atoms with Crippen LogP contribution >= 0.6 is 12.2 Å². The van der Waals surface area contributed by atoms with Gasteiger partial charge in [0.05, 0.1) is 0 Å². The summed E-state index contributed by atoms with van der Waals surface area (Å²) >= 11 is 5.59. The number of nitrogens with one attached hydrogen (secondary N) is 1. The third kappa shape index (κ3) is 4.50. The van der Waals surface area contributed by atoms with Crippen molar-refractivity contribution < 1.29 is 0 Å². The van der Waals surface area contributed by atoms with Gasteiger partial charge >= 0.3 is 0 Å². The SMILES string of the molecule is CCC(C)N(C(=S)Nc1ccc(C)cc1)C(C)CC. The zero-order valence-corrected chi connectivity index (χ0v) is 13.6. The Morgan fingerprint density at radius 3 is 2.00 bits per heavy atom. The second-order valence-electron chi connectivity index (χ2n) is 5.22. The summed E-state index contributed by atoms with van der Waals surface area (Å²) < 4.78 is 0. The number of benzene rings is 1. The molecule has 106 valence electrons. The van der Waals surface area contributed by atoms with Gasteiger partial charge in [-0.05, 0) is 58.0 Å². The van der Waals surface area contributed by atoms with Crippen molar-refractivity contribution in [1.82, 2.24) is 4.90 Å². The van der Waals surface area contributed by atoms with Gasteiger partial charge in [0, 0.05) is 17.8 Å². The molecule has 0 fully saturated rings. The normalized spacial score (nSPS) is 13.7. The van der Waals surface area contributed by atoms with Gasteiger partial charge in [0.15, 0.2) is 5.11 Å². The number of hydrogen-bond acceptors (Lipinski definition) is 1. The highest BCUT2D eigenvalue weighted by Gasteiger charge is 2.20. The molecule has 0 bridgehead atoms. The fraction of sp³-hybridized carbons (Fsp3) is 0.562. The molecule has 0 spiro atoms.